The second-order valence-electron chi connectivity index (χ2n) is 4.90. The summed E-state index contributed by atoms with van der Waals surface area (Å²) in [5, 5.41) is 0. The minimum absolute atomic E-state index is 0.339. The monoisotopic (exact) mass is 212 g/mol. The molecule has 0 aliphatic heterocycles. The van der Waals surface area contributed by atoms with Gasteiger partial charge in [-0.1, -0.05) is 58.8 Å². The summed E-state index contributed by atoms with van der Waals surface area (Å²) in [6, 6.07) is 0. The third kappa shape index (κ3) is 11.6. The summed E-state index contributed by atoms with van der Waals surface area (Å²) in [6.45, 7) is 6.31. The van der Waals surface area contributed by atoms with Gasteiger partial charge in [-0.05, 0) is 19.3 Å². The highest BCUT2D eigenvalue weighted by Gasteiger charge is 2.00. The van der Waals surface area contributed by atoms with Crippen LogP contribution in [0, 0.1) is 5.92 Å². The summed E-state index contributed by atoms with van der Waals surface area (Å²) in [4.78, 5) is 10.7. The smallest absolute Gasteiger partial charge is 0.129 e. The van der Waals surface area contributed by atoms with Gasteiger partial charge >= 0.3 is 0 Å². The van der Waals surface area contributed by atoms with Crippen molar-refractivity contribution in [3.8, 4) is 0 Å². The highest BCUT2D eigenvalue weighted by Crippen LogP contribution is 2.15. The SMILES string of the molecule is CCC[C@@H](C)CCCCCCCC(C)=O. The third-order valence-electron chi connectivity index (χ3n) is 3.01. The minimum atomic E-state index is 0.339. The molecule has 0 saturated heterocycles. The summed E-state index contributed by atoms with van der Waals surface area (Å²) in [7, 11) is 0. The molecule has 0 fully saturated rings. The highest BCUT2D eigenvalue weighted by molar-refractivity contribution is 5.75. The molecule has 1 heteroatoms. The van der Waals surface area contributed by atoms with E-state index in [1.54, 1.807) is 6.92 Å². The Hall–Kier alpha value is -0.330. The molecule has 0 aromatic heterocycles. The second-order valence-corrected chi connectivity index (χ2v) is 4.90. The average molecular weight is 212 g/mol. The summed E-state index contributed by atoms with van der Waals surface area (Å²) in [6.07, 6.45) is 11.2. The Morgan fingerprint density at radius 3 is 2.20 bits per heavy atom. The van der Waals surface area contributed by atoms with Gasteiger partial charge in [0, 0.05) is 6.42 Å². The van der Waals surface area contributed by atoms with Gasteiger partial charge in [0.2, 0.25) is 0 Å². The summed E-state index contributed by atoms with van der Waals surface area (Å²) in [5.41, 5.74) is 0. The van der Waals surface area contributed by atoms with E-state index in [1.165, 1.54) is 44.9 Å². The van der Waals surface area contributed by atoms with E-state index in [-0.39, 0.29) is 0 Å². The highest BCUT2D eigenvalue weighted by atomic mass is 16.1. The van der Waals surface area contributed by atoms with E-state index >= 15 is 0 Å². The maximum Gasteiger partial charge on any atom is 0.129 e. The van der Waals surface area contributed by atoms with Gasteiger partial charge in [-0.15, -0.1) is 0 Å². The number of carbonyl (C=O) groups excluding carboxylic acids is 1. The van der Waals surface area contributed by atoms with E-state index in [1.807, 2.05) is 0 Å². The Morgan fingerprint density at radius 2 is 1.60 bits per heavy atom. The van der Waals surface area contributed by atoms with Gasteiger partial charge in [0.15, 0.2) is 0 Å². The number of unbranched alkanes of at least 4 members (excludes halogenated alkanes) is 4. The van der Waals surface area contributed by atoms with Crippen LogP contribution >= 0.6 is 0 Å². The Kier molecular flexibility index (Phi) is 9.97. The average Bonchev–Trinajstić information content (AvgIpc) is 2.16. The van der Waals surface area contributed by atoms with Gasteiger partial charge in [0.1, 0.15) is 5.78 Å². The van der Waals surface area contributed by atoms with Crippen molar-refractivity contribution >= 4 is 5.78 Å². The molecule has 0 amide bonds. The van der Waals surface area contributed by atoms with Crippen LogP contribution in [-0.4, -0.2) is 5.78 Å². The molecule has 0 saturated carbocycles. The van der Waals surface area contributed by atoms with Gasteiger partial charge < -0.3 is 4.79 Å². The van der Waals surface area contributed by atoms with Gasteiger partial charge in [-0.25, -0.2) is 0 Å². The van der Waals surface area contributed by atoms with E-state index < -0.39 is 0 Å². The predicted molar refractivity (Wildman–Crippen MR) is 67.1 cm³/mol. The van der Waals surface area contributed by atoms with E-state index in [9.17, 15) is 4.79 Å². The van der Waals surface area contributed by atoms with E-state index in [2.05, 4.69) is 13.8 Å². The first-order valence-electron chi connectivity index (χ1n) is 6.66. The maximum absolute atomic E-state index is 10.7. The first-order chi connectivity index (χ1) is 7.16. The zero-order chi connectivity index (χ0) is 11.5. The summed E-state index contributed by atoms with van der Waals surface area (Å²) < 4.78 is 0. The van der Waals surface area contributed by atoms with Gasteiger partial charge in [0.05, 0.1) is 0 Å². The molecule has 0 aromatic rings. The number of ketones is 1. The van der Waals surface area contributed by atoms with Crippen LogP contribution in [0.2, 0.25) is 0 Å². The van der Waals surface area contributed by atoms with Crippen molar-refractivity contribution in [1.82, 2.24) is 0 Å². The van der Waals surface area contributed by atoms with E-state index in [4.69, 9.17) is 0 Å². The van der Waals surface area contributed by atoms with Crippen LogP contribution in [0.5, 0.6) is 0 Å². The van der Waals surface area contributed by atoms with Crippen molar-refractivity contribution in [2.75, 3.05) is 0 Å². The van der Waals surface area contributed by atoms with Crippen LogP contribution in [0.25, 0.3) is 0 Å². The van der Waals surface area contributed by atoms with E-state index in [0.29, 0.717) is 5.78 Å². The standard InChI is InChI=1S/C14H28O/c1-4-10-13(2)11-8-6-5-7-9-12-14(3)15/h13H,4-12H2,1-3H3/t13-/m1/s1. The molecular formula is C14H28O. The Bertz CT molecular complexity index is 151. The molecule has 0 unspecified atom stereocenters. The maximum atomic E-state index is 10.7. The van der Waals surface area contributed by atoms with Crippen molar-refractivity contribution in [2.45, 2.75) is 78.6 Å². The largest absolute Gasteiger partial charge is 0.300 e. The van der Waals surface area contributed by atoms with Crippen LogP contribution in [0.1, 0.15) is 78.6 Å². The molecule has 0 radical (unpaired) electrons. The second kappa shape index (κ2) is 10.2. The Labute approximate surface area is 95.6 Å². The van der Waals surface area contributed by atoms with E-state index in [0.717, 1.165) is 18.8 Å². The van der Waals surface area contributed by atoms with Gasteiger partial charge in [0.25, 0.3) is 0 Å². The normalized spacial score (nSPS) is 12.7. The molecule has 1 nitrogen and oxygen atoms in total. The minimum Gasteiger partial charge on any atom is -0.300 e. The van der Waals surface area contributed by atoms with Crippen LogP contribution in [-0.2, 0) is 4.79 Å². The molecular weight excluding hydrogens is 184 g/mol. The number of Topliss-reactive ketones (excluding diaryl/α,β-unsaturated/α-hetero) is 1. The molecule has 0 bridgehead atoms. The van der Waals surface area contributed by atoms with Crippen molar-refractivity contribution in [2.24, 2.45) is 5.92 Å². The van der Waals surface area contributed by atoms with Crippen molar-refractivity contribution in [3.05, 3.63) is 0 Å². The number of hydrogen-bond acceptors (Lipinski definition) is 1. The van der Waals surface area contributed by atoms with Crippen LogP contribution in [0.15, 0.2) is 0 Å². The lowest BCUT2D eigenvalue weighted by molar-refractivity contribution is -0.117. The van der Waals surface area contributed by atoms with Crippen molar-refractivity contribution in [3.63, 3.8) is 0 Å². The fourth-order valence-corrected chi connectivity index (χ4v) is 2.03. The summed E-state index contributed by atoms with van der Waals surface area (Å²) >= 11 is 0. The van der Waals surface area contributed by atoms with Crippen LogP contribution < -0.4 is 0 Å². The number of hydrogen-bond donors (Lipinski definition) is 0. The quantitative estimate of drug-likeness (QED) is 0.478. The summed E-state index contributed by atoms with van der Waals surface area (Å²) in [5.74, 6) is 1.25. The lowest BCUT2D eigenvalue weighted by atomic mass is 9.98. The number of rotatable bonds is 10. The van der Waals surface area contributed by atoms with Crippen LogP contribution in [0.4, 0.5) is 0 Å². The topological polar surface area (TPSA) is 17.1 Å². The molecule has 0 heterocycles. The van der Waals surface area contributed by atoms with Crippen LogP contribution in [0.3, 0.4) is 0 Å². The fourth-order valence-electron chi connectivity index (χ4n) is 2.03. The molecule has 0 N–H and O–H groups in total. The first-order valence-corrected chi connectivity index (χ1v) is 6.66. The van der Waals surface area contributed by atoms with Gasteiger partial charge in [-0.2, -0.15) is 0 Å². The van der Waals surface area contributed by atoms with Crippen molar-refractivity contribution in [1.29, 1.82) is 0 Å². The van der Waals surface area contributed by atoms with Gasteiger partial charge in [-0.3, -0.25) is 0 Å². The first kappa shape index (κ1) is 14.7. The molecule has 0 rings (SSSR count). The zero-order valence-corrected chi connectivity index (χ0v) is 10.8. The molecule has 0 aromatic carbocycles. The fraction of sp³-hybridized carbons (Fsp3) is 0.929. The lowest BCUT2D eigenvalue weighted by Crippen LogP contribution is -1.94. The molecule has 0 spiro atoms. The third-order valence-corrected chi connectivity index (χ3v) is 3.01. The Balaban J connectivity index is 3.07. The lowest BCUT2D eigenvalue weighted by Gasteiger charge is -2.08. The molecule has 90 valence electrons. The predicted octanol–water partition coefficient (Wildman–Crippen LogP) is 4.74. The molecule has 15 heavy (non-hydrogen) atoms. The molecule has 1 atom stereocenters. The Morgan fingerprint density at radius 1 is 1.00 bits per heavy atom. The zero-order valence-electron chi connectivity index (χ0n) is 10.8. The number of carbonyl (C=O) groups is 1. The molecule has 0 aliphatic rings. The molecule has 0 aliphatic carbocycles. The van der Waals surface area contributed by atoms with Crippen molar-refractivity contribution < 1.29 is 4.79 Å².